The van der Waals surface area contributed by atoms with Crippen LogP contribution in [0.25, 0.3) is 39.4 Å². The van der Waals surface area contributed by atoms with Gasteiger partial charge in [-0.15, -0.1) is 0 Å². The fourth-order valence-corrected chi connectivity index (χ4v) is 3.06. The van der Waals surface area contributed by atoms with E-state index in [1.807, 2.05) is 36.5 Å². The number of carbonyl (C=O) groups excluding carboxylic acids is 1. The third-order valence-corrected chi connectivity index (χ3v) is 4.38. The zero-order valence-electron chi connectivity index (χ0n) is 14.8. The van der Waals surface area contributed by atoms with Crippen molar-refractivity contribution in [2.24, 2.45) is 5.73 Å². The number of aromatic amines is 1. The summed E-state index contributed by atoms with van der Waals surface area (Å²) in [6, 6.07) is 15.5. The second kappa shape index (κ2) is 7.17. The minimum absolute atomic E-state index is 0.366. The predicted octanol–water partition coefficient (Wildman–Crippen LogP) is 3.66. The molecule has 0 fully saturated rings. The van der Waals surface area contributed by atoms with Gasteiger partial charge in [-0.1, -0.05) is 18.2 Å². The second-order valence-corrected chi connectivity index (χ2v) is 6.23. The maximum Gasteiger partial charge on any atom is 0.241 e. The average Bonchev–Trinajstić information content (AvgIpc) is 3.16. The lowest BCUT2D eigenvalue weighted by atomic mass is 10.0. The molecule has 28 heavy (non-hydrogen) atoms. The standard InChI is InChI=1S/C22H15N5O/c23-11-18-9-16(6-7-25-18)20-13-27-22-19(20)10-17(12-26-22)15-3-1-2-14(8-15)4-5-21(24)28/h1-10,12-13H,(H2,24,28)(H,26,27). The molecule has 0 aliphatic carbocycles. The molecule has 134 valence electrons. The fraction of sp³-hybridized carbons (Fsp3) is 0. The van der Waals surface area contributed by atoms with Gasteiger partial charge in [-0.05, 0) is 47.0 Å². The number of nitrogens with two attached hydrogens (primary N) is 1. The van der Waals surface area contributed by atoms with Crippen molar-refractivity contribution < 1.29 is 4.79 Å². The van der Waals surface area contributed by atoms with Crippen molar-refractivity contribution in [2.45, 2.75) is 0 Å². The largest absolute Gasteiger partial charge is 0.366 e. The van der Waals surface area contributed by atoms with Crippen LogP contribution in [-0.4, -0.2) is 20.9 Å². The van der Waals surface area contributed by atoms with Crippen LogP contribution in [0.2, 0.25) is 0 Å². The summed E-state index contributed by atoms with van der Waals surface area (Å²) in [5, 5.41) is 10.1. The number of fused-ring (bicyclic) bond motifs is 1. The summed E-state index contributed by atoms with van der Waals surface area (Å²) in [4.78, 5) is 22.7. The van der Waals surface area contributed by atoms with Gasteiger partial charge in [0.1, 0.15) is 17.4 Å². The molecule has 0 saturated carbocycles. The highest BCUT2D eigenvalue weighted by Gasteiger charge is 2.10. The maximum atomic E-state index is 11.0. The van der Waals surface area contributed by atoms with Crippen LogP contribution in [-0.2, 0) is 4.79 Å². The molecular formula is C22H15N5O. The van der Waals surface area contributed by atoms with Crippen molar-refractivity contribution in [3.8, 4) is 28.3 Å². The van der Waals surface area contributed by atoms with Crippen LogP contribution in [0.15, 0.2) is 67.1 Å². The first-order chi connectivity index (χ1) is 13.6. The van der Waals surface area contributed by atoms with Crippen molar-refractivity contribution >= 4 is 23.0 Å². The number of hydrogen-bond acceptors (Lipinski definition) is 4. The Balaban J connectivity index is 1.79. The van der Waals surface area contributed by atoms with Crippen molar-refractivity contribution in [2.75, 3.05) is 0 Å². The van der Waals surface area contributed by atoms with E-state index in [4.69, 9.17) is 11.0 Å². The number of H-pyrrole nitrogens is 1. The summed E-state index contributed by atoms with van der Waals surface area (Å²) in [7, 11) is 0. The van der Waals surface area contributed by atoms with Crippen LogP contribution in [0.4, 0.5) is 0 Å². The van der Waals surface area contributed by atoms with Crippen LogP contribution in [0, 0.1) is 11.3 Å². The summed E-state index contributed by atoms with van der Waals surface area (Å²) >= 11 is 0. The molecule has 3 N–H and O–H groups in total. The van der Waals surface area contributed by atoms with E-state index >= 15 is 0 Å². The maximum absolute atomic E-state index is 11.0. The zero-order chi connectivity index (χ0) is 19.5. The van der Waals surface area contributed by atoms with Crippen LogP contribution in [0.3, 0.4) is 0 Å². The van der Waals surface area contributed by atoms with E-state index in [1.165, 1.54) is 6.08 Å². The van der Waals surface area contributed by atoms with Gasteiger partial charge in [0.2, 0.25) is 5.91 Å². The summed E-state index contributed by atoms with van der Waals surface area (Å²) in [6.07, 6.45) is 8.32. The number of benzene rings is 1. The van der Waals surface area contributed by atoms with Crippen LogP contribution >= 0.6 is 0 Å². The lowest BCUT2D eigenvalue weighted by Crippen LogP contribution is -2.05. The number of nitrogens with zero attached hydrogens (tertiary/aromatic N) is 3. The molecular weight excluding hydrogens is 350 g/mol. The first kappa shape index (κ1) is 17.2. The zero-order valence-corrected chi connectivity index (χ0v) is 14.8. The molecule has 6 heteroatoms. The Bertz CT molecular complexity index is 1260. The average molecular weight is 365 g/mol. The van der Waals surface area contributed by atoms with Gasteiger partial charge < -0.3 is 10.7 Å². The van der Waals surface area contributed by atoms with E-state index in [0.29, 0.717) is 5.69 Å². The summed E-state index contributed by atoms with van der Waals surface area (Å²) in [5.41, 5.74) is 10.9. The third-order valence-electron chi connectivity index (χ3n) is 4.38. The first-order valence-electron chi connectivity index (χ1n) is 8.55. The molecule has 0 bridgehead atoms. The molecule has 1 amide bonds. The SMILES string of the molecule is N#Cc1cc(-c2c[nH]c3ncc(-c4cccc(C=CC(N)=O)c4)cc23)ccn1. The smallest absolute Gasteiger partial charge is 0.241 e. The molecule has 4 rings (SSSR count). The molecule has 0 saturated heterocycles. The Morgan fingerprint density at radius 3 is 2.82 bits per heavy atom. The molecule has 3 aromatic heterocycles. The Morgan fingerprint density at radius 2 is 2.00 bits per heavy atom. The van der Waals surface area contributed by atoms with Gasteiger partial charge in [-0.25, -0.2) is 9.97 Å². The van der Waals surface area contributed by atoms with Crippen molar-refractivity contribution in [3.05, 3.63) is 78.4 Å². The minimum Gasteiger partial charge on any atom is -0.366 e. The van der Waals surface area contributed by atoms with Gasteiger partial charge in [-0.3, -0.25) is 4.79 Å². The highest BCUT2D eigenvalue weighted by molar-refractivity contribution is 5.96. The Morgan fingerprint density at radius 1 is 1.11 bits per heavy atom. The van der Waals surface area contributed by atoms with Gasteiger partial charge in [0.05, 0.1) is 0 Å². The topological polar surface area (TPSA) is 108 Å². The normalized spacial score (nSPS) is 11.0. The Labute approximate surface area is 161 Å². The monoisotopic (exact) mass is 365 g/mol. The van der Waals surface area contributed by atoms with E-state index in [9.17, 15) is 4.79 Å². The molecule has 1 aromatic carbocycles. The lowest BCUT2D eigenvalue weighted by molar-refractivity contribution is -0.113. The highest BCUT2D eigenvalue weighted by atomic mass is 16.1. The number of aromatic nitrogens is 3. The number of pyridine rings is 2. The van der Waals surface area contributed by atoms with Crippen molar-refractivity contribution in [1.82, 2.24) is 15.0 Å². The molecule has 0 aliphatic rings. The van der Waals surface area contributed by atoms with E-state index < -0.39 is 5.91 Å². The first-order valence-corrected chi connectivity index (χ1v) is 8.55. The molecule has 0 unspecified atom stereocenters. The number of nitrogens with one attached hydrogen (secondary N) is 1. The van der Waals surface area contributed by atoms with E-state index in [-0.39, 0.29) is 0 Å². The number of rotatable bonds is 4. The minimum atomic E-state index is -0.487. The quantitative estimate of drug-likeness (QED) is 0.538. The second-order valence-electron chi connectivity index (χ2n) is 6.23. The summed E-state index contributed by atoms with van der Waals surface area (Å²) in [6.45, 7) is 0. The number of nitriles is 1. The molecule has 0 radical (unpaired) electrons. The highest BCUT2D eigenvalue weighted by Crippen LogP contribution is 2.31. The summed E-state index contributed by atoms with van der Waals surface area (Å²) in [5.74, 6) is -0.487. The number of carbonyl (C=O) groups is 1. The van der Waals surface area contributed by atoms with Gasteiger partial charge in [-0.2, -0.15) is 5.26 Å². The lowest BCUT2D eigenvalue weighted by Gasteiger charge is -2.05. The van der Waals surface area contributed by atoms with Crippen LogP contribution in [0.1, 0.15) is 11.3 Å². The Kier molecular flexibility index (Phi) is 4.40. The summed E-state index contributed by atoms with van der Waals surface area (Å²) < 4.78 is 0. The van der Waals surface area contributed by atoms with E-state index in [0.717, 1.165) is 38.9 Å². The van der Waals surface area contributed by atoms with E-state index in [1.54, 1.807) is 24.5 Å². The van der Waals surface area contributed by atoms with Crippen molar-refractivity contribution in [1.29, 1.82) is 5.26 Å². The van der Waals surface area contributed by atoms with Gasteiger partial charge >= 0.3 is 0 Å². The van der Waals surface area contributed by atoms with Crippen LogP contribution in [0.5, 0.6) is 0 Å². The Hall–Kier alpha value is -4.24. The fourth-order valence-electron chi connectivity index (χ4n) is 3.06. The molecule has 3 heterocycles. The molecule has 6 nitrogen and oxygen atoms in total. The van der Waals surface area contributed by atoms with Crippen molar-refractivity contribution in [3.63, 3.8) is 0 Å². The third kappa shape index (κ3) is 3.37. The van der Waals surface area contributed by atoms with Gasteiger partial charge in [0.25, 0.3) is 0 Å². The van der Waals surface area contributed by atoms with Crippen LogP contribution < -0.4 is 5.73 Å². The number of primary amides is 1. The molecule has 0 aliphatic heterocycles. The predicted molar refractivity (Wildman–Crippen MR) is 108 cm³/mol. The number of amides is 1. The molecule has 0 spiro atoms. The van der Waals surface area contributed by atoms with Gasteiger partial charge in [0.15, 0.2) is 0 Å². The molecule has 0 atom stereocenters. The molecule has 4 aromatic rings. The van der Waals surface area contributed by atoms with E-state index in [2.05, 4.69) is 27.1 Å². The number of hydrogen-bond donors (Lipinski definition) is 2. The van der Waals surface area contributed by atoms with Gasteiger partial charge in [0, 0.05) is 41.2 Å².